The Bertz CT molecular complexity index is 715. The van der Waals surface area contributed by atoms with Crippen molar-refractivity contribution in [2.24, 2.45) is 0 Å². The number of esters is 1. The minimum atomic E-state index is -0.429. The maximum absolute atomic E-state index is 11.7. The molecule has 0 saturated carbocycles. The highest BCUT2D eigenvalue weighted by Gasteiger charge is 2.03. The molecular formula is C18H15NO2S. The number of thioether (sulfide) groups is 1. The van der Waals surface area contributed by atoms with Gasteiger partial charge in [-0.05, 0) is 36.1 Å². The van der Waals surface area contributed by atoms with Gasteiger partial charge in [0.05, 0.1) is 11.6 Å². The number of hydrogen-bond acceptors (Lipinski definition) is 4. The van der Waals surface area contributed by atoms with Gasteiger partial charge in [0, 0.05) is 16.5 Å². The zero-order valence-corrected chi connectivity index (χ0v) is 13.0. The quantitative estimate of drug-likeness (QED) is 0.475. The van der Waals surface area contributed by atoms with Crippen molar-refractivity contribution in [3.05, 3.63) is 71.3 Å². The number of hydrogen-bond donors (Lipinski definition) is 0. The van der Waals surface area contributed by atoms with Crippen molar-refractivity contribution in [3.63, 3.8) is 0 Å². The molecule has 0 aromatic heterocycles. The standard InChI is InChI=1S/C18H15NO2S/c1-22-17-9-6-14(7-10-17)8-11-18(20)21-13-16-5-3-2-4-15(16)12-19/h2-11H,13H2,1H3. The van der Waals surface area contributed by atoms with Gasteiger partial charge >= 0.3 is 5.97 Å². The summed E-state index contributed by atoms with van der Waals surface area (Å²) >= 11 is 1.67. The van der Waals surface area contributed by atoms with E-state index < -0.39 is 5.97 Å². The summed E-state index contributed by atoms with van der Waals surface area (Å²) in [5, 5.41) is 8.97. The molecular weight excluding hydrogens is 294 g/mol. The van der Waals surface area contributed by atoms with E-state index in [-0.39, 0.29) is 6.61 Å². The number of benzene rings is 2. The van der Waals surface area contributed by atoms with Gasteiger partial charge in [0.25, 0.3) is 0 Å². The molecule has 0 radical (unpaired) electrons. The normalized spacial score (nSPS) is 10.4. The van der Waals surface area contributed by atoms with E-state index in [0.717, 1.165) is 5.56 Å². The second-order valence-corrected chi connectivity index (χ2v) is 5.36. The summed E-state index contributed by atoms with van der Waals surface area (Å²) in [6.45, 7) is 0.0956. The lowest BCUT2D eigenvalue weighted by Crippen LogP contribution is -2.02. The smallest absolute Gasteiger partial charge is 0.331 e. The van der Waals surface area contributed by atoms with Crippen LogP contribution in [0.4, 0.5) is 0 Å². The summed E-state index contributed by atoms with van der Waals surface area (Å²) < 4.78 is 5.16. The van der Waals surface area contributed by atoms with Crippen LogP contribution in [0.5, 0.6) is 0 Å². The van der Waals surface area contributed by atoms with Gasteiger partial charge in [-0.15, -0.1) is 11.8 Å². The highest BCUT2D eigenvalue weighted by Crippen LogP contribution is 2.15. The maximum atomic E-state index is 11.7. The molecule has 0 amide bonds. The first-order chi connectivity index (χ1) is 10.7. The van der Waals surface area contributed by atoms with Gasteiger partial charge in [0.2, 0.25) is 0 Å². The van der Waals surface area contributed by atoms with Crippen molar-refractivity contribution in [2.45, 2.75) is 11.5 Å². The average Bonchev–Trinajstić information content (AvgIpc) is 2.58. The fourth-order valence-corrected chi connectivity index (χ4v) is 2.24. The summed E-state index contributed by atoms with van der Waals surface area (Å²) in [7, 11) is 0. The van der Waals surface area contributed by atoms with E-state index in [4.69, 9.17) is 10.00 Å². The summed E-state index contributed by atoms with van der Waals surface area (Å²) in [6, 6.07) is 17.0. The molecule has 0 fully saturated rings. The minimum Gasteiger partial charge on any atom is -0.458 e. The number of carbonyl (C=O) groups excluding carboxylic acids is 1. The second-order valence-electron chi connectivity index (χ2n) is 4.48. The Hall–Kier alpha value is -2.51. The molecule has 0 aliphatic heterocycles. The van der Waals surface area contributed by atoms with Crippen molar-refractivity contribution in [3.8, 4) is 6.07 Å². The zero-order chi connectivity index (χ0) is 15.8. The van der Waals surface area contributed by atoms with E-state index >= 15 is 0 Å². The van der Waals surface area contributed by atoms with Gasteiger partial charge in [0.1, 0.15) is 6.61 Å². The first kappa shape index (κ1) is 15.9. The Balaban J connectivity index is 1.92. The van der Waals surface area contributed by atoms with Gasteiger partial charge in [-0.2, -0.15) is 5.26 Å². The monoisotopic (exact) mass is 309 g/mol. The zero-order valence-electron chi connectivity index (χ0n) is 12.2. The Labute approximate surface area is 134 Å². The fraction of sp³-hybridized carbons (Fsp3) is 0.111. The third-order valence-corrected chi connectivity index (χ3v) is 3.78. The van der Waals surface area contributed by atoms with E-state index in [1.165, 1.54) is 11.0 Å². The van der Waals surface area contributed by atoms with Gasteiger partial charge < -0.3 is 4.74 Å². The summed E-state index contributed by atoms with van der Waals surface area (Å²) in [5.74, 6) is -0.429. The molecule has 4 heteroatoms. The minimum absolute atomic E-state index is 0.0956. The molecule has 0 bridgehead atoms. The van der Waals surface area contributed by atoms with E-state index in [1.807, 2.05) is 36.6 Å². The summed E-state index contributed by atoms with van der Waals surface area (Å²) in [4.78, 5) is 12.9. The van der Waals surface area contributed by atoms with Crippen molar-refractivity contribution in [2.75, 3.05) is 6.26 Å². The van der Waals surface area contributed by atoms with Crippen LogP contribution >= 0.6 is 11.8 Å². The Morgan fingerprint density at radius 2 is 1.95 bits per heavy atom. The number of carbonyl (C=O) groups is 1. The van der Waals surface area contributed by atoms with Crippen molar-refractivity contribution in [1.82, 2.24) is 0 Å². The molecule has 0 atom stereocenters. The van der Waals surface area contributed by atoms with Gasteiger partial charge in [-0.25, -0.2) is 4.79 Å². The highest BCUT2D eigenvalue weighted by molar-refractivity contribution is 7.98. The van der Waals surface area contributed by atoms with Gasteiger partial charge in [-0.1, -0.05) is 30.3 Å². The lowest BCUT2D eigenvalue weighted by molar-refractivity contribution is -0.138. The lowest BCUT2D eigenvalue weighted by atomic mass is 10.1. The van der Waals surface area contributed by atoms with Crippen LogP contribution in [0, 0.1) is 11.3 Å². The summed E-state index contributed by atoms with van der Waals surface area (Å²) in [6.07, 6.45) is 5.12. The Kier molecular flexibility index (Phi) is 5.81. The molecule has 2 aromatic carbocycles. The van der Waals surface area contributed by atoms with E-state index in [2.05, 4.69) is 6.07 Å². The molecule has 22 heavy (non-hydrogen) atoms. The average molecular weight is 309 g/mol. The molecule has 2 aromatic rings. The Morgan fingerprint density at radius 1 is 1.23 bits per heavy atom. The van der Waals surface area contributed by atoms with E-state index in [1.54, 1.807) is 36.0 Å². The topological polar surface area (TPSA) is 50.1 Å². The van der Waals surface area contributed by atoms with Crippen LogP contribution < -0.4 is 0 Å². The number of nitrogens with zero attached hydrogens (tertiary/aromatic N) is 1. The third kappa shape index (κ3) is 4.51. The fourth-order valence-electron chi connectivity index (χ4n) is 1.83. The molecule has 110 valence electrons. The van der Waals surface area contributed by atoms with Crippen LogP contribution in [-0.2, 0) is 16.1 Å². The third-order valence-electron chi connectivity index (χ3n) is 3.04. The second kappa shape index (κ2) is 8.06. The number of nitriles is 1. The van der Waals surface area contributed by atoms with Crippen molar-refractivity contribution in [1.29, 1.82) is 5.26 Å². The van der Waals surface area contributed by atoms with Crippen LogP contribution in [0.2, 0.25) is 0 Å². The Morgan fingerprint density at radius 3 is 2.64 bits per heavy atom. The van der Waals surface area contributed by atoms with Crippen LogP contribution in [0.25, 0.3) is 6.08 Å². The molecule has 2 rings (SSSR count). The van der Waals surface area contributed by atoms with Crippen molar-refractivity contribution < 1.29 is 9.53 Å². The summed E-state index contributed by atoms with van der Waals surface area (Å²) in [5.41, 5.74) is 2.16. The molecule has 0 aliphatic carbocycles. The van der Waals surface area contributed by atoms with Crippen LogP contribution in [-0.4, -0.2) is 12.2 Å². The predicted molar refractivity (Wildman–Crippen MR) is 88.2 cm³/mol. The van der Waals surface area contributed by atoms with Gasteiger partial charge in [0.15, 0.2) is 0 Å². The maximum Gasteiger partial charge on any atom is 0.331 e. The molecule has 0 aliphatic rings. The largest absolute Gasteiger partial charge is 0.458 e. The molecule has 0 spiro atoms. The molecule has 0 unspecified atom stereocenters. The highest BCUT2D eigenvalue weighted by atomic mass is 32.2. The van der Waals surface area contributed by atoms with Crippen LogP contribution in [0.15, 0.2) is 59.5 Å². The first-order valence-corrected chi connectivity index (χ1v) is 7.92. The van der Waals surface area contributed by atoms with Crippen molar-refractivity contribution >= 4 is 23.8 Å². The van der Waals surface area contributed by atoms with E-state index in [9.17, 15) is 4.79 Å². The lowest BCUT2D eigenvalue weighted by Gasteiger charge is -2.04. The molecule has 0 heterocycles. The van der Waals surface area contributed by atoms with E-state index in [0.29, 0.717) is 11.1 Å². The van der Waals surface area contributed by atoms with Crippen LogP contribution in [0.1, 0.15) is 16.7 Å². The molecule has 3 nitrogen and oxygen atoms in total. The number of rotatable bonds is 5. The predicted octanol–water partition coefficient (Wildman–Crippen LogP) is 4.04. The first-order valence-electron chi connectivity index (χ1n) is 6.70. The van der Waals surface area contributed by atoms with Crippen LogP contribution in [0.3, 0.4) is 0 Å². The number of ether oxygens (including phenoxy) is 1. The molecule has 0 N–H and O–H groups in total. The SMILES string of the molecule is CSc1ccc(C=CC(=O)OCc2ccccc2C#N)cc1. The van der Waals surface area contributed by atoms with Gasteiger partial charge in [-0.3, -0.25) is 0 Å². The molecule has 0 saturated heterocycles.